The molecule has 20 heavy (non-hydrogen) atoms. The normalized spacial score (nSPS) is 18.5. The van der Waals surface area contributed by atoms with Crippen molar-refractivity contribution in [3.8, 4) is 0 Å². The zero-order valence-electron chi connectivity index (χ0n) is 11.2. The standard InChI is InChI=1S/C12H18N2O4S2/c1-12(6-3-7-12)9-14-20(17,18)11-5-2-4-10(8-11)19(13,15)16/h2,4-5,8,14H,3,6-7,9H2,1H3,(H2,13,15,16). The molecule has 1 aliphatic carbocycles. The molecule has 0 radical (unpaired) electrons. The van der Waals surface area contributed by atoms with Crippen LogP contribution >= 0.6 is 0 Å². The van der Waals surface area contributed by atoms with E-state index in [4.69, 9.17) is 5.14 Å². The largest absolute Gasteiger partial charge is 0.240 e. The van der Waals surface area contributed by atoms with Gasteiger partial charge in [-0.25, -0.2) is 26.7 Å². The van der Waals surface area contributed by atoms with E-state index in [1.807, 2.05) is 6.92 Å². The molecule has 0 aromatic heterocycles. The van der Waals surface area contributed by atoms with Crippen LogP contribution in [0.4, 0.5) is 0 Å². The Hall–Kier alpha value is -0.960. The lowest BCUT2D eigenvalue weighted by atomic mass is 9.71. The summed E-state index contributed by atoms with van der Waals surface area (Å²) >= 11 is 0. The van der Waals surface area contributed by atoms with Crippen LogP contribution in [0.3, 0.4) is 0 Å². The first kappa shape index (κ1) is 15.4. The van der Waals surface area contributed by atoms with Crippen LogP contribution in [0.25, 0.3) is 0 Å². The minimum Gasteiger partial charge on any atom is -0.225 e. The highest BCUT2D eigenvalue weighted by molar-refractivity contribution is 7.90. The Kier molecular flexibility index (Phi) is 3.94. The van der Waals surface area contributed by atoms with Crippen LogP contribution in [0.2, 0.25) is 0 Å². The first-order valence-electron chi connectivity index (χ1n) is 6.25. The molecule has 0 heterocycles. The quantitative estimate of drug-likeness (QED) is 0.837. The number of nitrogens with two attached hydrogens (primary N) is 1. The second kappa shape index (κ2) is 5.10. The highest BCUT2D eigenvalue weighted by Crippen LogP contribution is 2.39. The van der Waals surface area contributed by atoms with E-state index in [0.717, 1.165) is 25.3 Å². The molecular formula is C12H18N2O4S2. The SMILES string of the molecule is CC1(CNS(=O)(=O)c2cccc(S(N)(=O)=O)c2)CCC1. The van der Waals surface area contributed by atoms with Gasteiger partial charge in [-0.1, -0.05) is 19.4 Å². The van der Waals surface area contributed by atoms with Gasteiger partial charge in [-0.15, -0.1) is 0 Å². The summed E-state index contributed by atoms with van der Waals surface area (Å²) in [6.07, 6.45) is 3.10. The van der Waals surface area contributed by atoms with E-state index in [2.05, 4.69) is 4.72 Å². The predicted molar refractivity (Wildman–Crippen MR) is 75.0 cm³/mol. The van der Waals surface area contributed by atoms with Crippen molar-refractivity contribution < 1.29 is 16.8 Å². The van der Waals surface area contributed by atoms with Gasteiger partial charge in [-0.2, -0.15) is 0 Å². The molecule has 0 atom stereocenters. The number of rotatable bonds is 5. The van der Waals surface area contributed by atoms with Gasteiger partial charge in [0.15, 0.2) is 0 Å². The summed E-state index contributed by atoms with van der Waals surface area (Å²) in [6.45, 7) is 2.38. The molecule has 1 aliphatic rings. The average Bonchev–Trinajstić information content (AvgIpc) is 2.33. The zero-order chi connectivity index (χ0) is 15.0. The van der Waals surface area contributed by atoms with Crippen molar-refractivity contribution in [2.75, 3.05) is 6.54 Å². The van der Waals surface area contributed by atoms with Crippen LogP contribution in [0.5, 0.6) is 0 Å². The van der Waals surface area contributed by atoms with E-state index in [1.54, 1.807) is 0 Å². The minimum absolute atomic E-state index is 0.00459. The molecule has 112 valence electrons. The smallest absolute Gasteiger partial charge is 0.225 e. The molecule has 6 nitrogen and oxygen atoms in total. The van der Waals surface area contributed by atoms with Gasteiger partial charge < -0.3 is 0 Å². The van der Waals surface area contributed by atoms with Crippen molar-refractivity contribution in [1.82, 2.24) is 4.72 Å². The molecule has 1 fully saturated rings. The van der Waals surface area contributed by atoms with E-state index in [1.165, 1.54) is 18.2 Å². The summed E-state index contributed by atoms with van der Waals surface area (Å²) < 4.78 is 49.3. The lowest BCUT2D eigenvalue weighted by Gasteiger charge is -2.38. The lowest BCUT2D eigenvalue weighted by Crippen LogP contribution is -2.39. The summed E-state index contributed by atoms with van der Waals surface area (Å²) in [5.74, 6) is 0. The van der Waals surface area contributed by atoms with Gasteiger partial charge in [0, 0.05) is 6.54 Å². The van der Waals surface area contributed by atoms with Crippen molar-refractivity contribution in [3.05, 3.63) is 24.3 Å². The summed E-state index contributed by atoms with van der Waals surface area (Å²) in [4.78, 5) is -0.304. The summed E-state index contributed by atoms with van der Waals surface area (Å²) in [6, 6.07) is 5.04. The molecule has 0 spiro atoms. The third kappa shape index (κ3) is 3.38. The molecule has 1 saturated carbocycles. The van der Waals surface area contributed by atoms with Crippen LogP contribution in [0.15, 0.2) is 34.1 Å². The first-order valence-corrected chi connectivity index (χ1v) is 9.28. The van der Waals surface area contributed by atoms with Gasteiger partial charge in [-0.3, -0.25) is 0 Å². The minimum atomic E-state index is -3.91. The predicted octanol–water partition coefficient (Wildman–Crippen LogP) is 0.803. The summed E-state index contributed by atoms with van der Waals surface area (Å²) in [5.41, 5.74) is 0.00459. The fourth-order valence-electron chi connectivity index (χ4n) is 2.13. The molecule has 8 heteroatoms. The number of hydrogen-bond acceptors (Lipinski definition) is 4. The molecule has 1 aromatic rings. The van der Waals surface area contributed by atoms with Crippen molar-refractivity contribution >= 4 is 20.0 Å². The molecule has 0 aliphatic heterocycles. The fraction of sp³-hybridized carbons (Fsp3) is 0.500. The maximum Gasteiger partial charge on any atom is 0.240 e. The van der Waals surface area contributed by atoms with Gasteiger partial charge in [-0.05, 0) is 36.5 Å². The maximum atomic E-state index is 12.2. The Morgan fingerprint density at radius 1 is 1.20 bits per heavy atom. The van der Waals surface area contributed by atoms with Gasteiger partial charge in [0.2, 0.25) is 20.0 Å². The number of hydrogen-bond donors (Lipinski definition) is 2. The fourth-order valence-corrected chi connectivity index (χ4v) is 4.01. The van der Waals surface area contributed by atoms with Crippen LogP contribution in [0, 0.1) is 5.41 Å². The van der Waals surface area contributed by atoms with Crippen LogP contribution in [0.1, 0.15) is 26.2 Å². The Morgan fingerprint density at radius 3 is 2.30 bits per heavy atom. The maximum absolute atomic E-state index is 12.2. The molecule has 0 bridgehead atoms. The van der Waals surface area contributed by atoms with Crippen LogP contribution in [-0.4, -0.2) is 23.4 Å². The molecule has 0 amide bonds. The van der Waals surface area contributed by atoms with E-state index in [-0.39, 0.29) is 15.2 Å². The van der Waals surface area contributed by atoms with E-state index in [0.29, 0.717) is 6.54 Å². The number of sulfonamides is 2. The highest BCUT2D eigenvalue weighted by atomic mass is 32.2. The number of nitrogens with one attached hydrogen (secondary N) is 1. The summed E-state index contributed by atoms with van der Waals surface area (Å²) in [5, 5.41) is 5.00. The lowest BCUT2D eigenvalue weighted by molar-refractivity contribution is 0.166. The van der Waals surface area contributed by atoms with Gasteiger partial charge in [0.25, 0.3) is 0 Å². The van der Waals surface area contributed by atoms with Crippen molar-refractivity contribution in [2.45, 2.75) is 36.0 Å². The highest BCUT2D eigenvalue weighted by Gasteiger charge is 2.33. The Morgan fingerprint density at radius 2 is 1.80 bits per heavy atom. The first-order chi connectivity index (χ1) is 9.12. The Bertz CT molecular complexity index is 707. The second-order valence-electron chi connectivity index (χ2n) is 5.51. The van der Waals surface area contributed by atoms with Gasteiger partial charge in [0.1, 0.15) is 0 Å². The summed E-state index contributed by atoms with van der Waals surface area (Å²) in [7, 11) is -7.64. The number of primary sulfonamides is 1. The third-order valence-electron chi connectivity index (χ3n) is 3.69. The van der Waals surface area contributed by atoms with Crippen molar-refractivity contribution in [1.29, 1.82) is 0 Å². The van der Waals surface area contributed by atoms with E-state index < -0.39 is 20.0 Å². The topological polar surface area (TPSA) is 106 Å². The van der Waals surface area contributed by atoms with Crippen LogP contribution in [-0.2, 0) is 20.0 Å². The monoisotopic (exact) mass is 318 g/mol. The van der Waals surface area contributed by atoms with Crippen molar-refractivity contribution in [2.24, 2.45) is 10.6 Å². The average molecular weight is 318 g/mol. The van der Waals surface area contributed by atoms with E-state index >= 15 is 0 Å². The molecule has 0 saturated heterocycles. The third-order valence-corrected chi connectivity index (χ3v) is 6.00. The van der Waals surface area contributed by atoms with Crippen molar-refractivity contribution in [3.63, 3.8) is 0 Å². The molecule has 3 N–H and O–H groups in total. The molecule has 2 rings (SSSR count). The number of benzene rings is 1. The second-order valence-corrected chi connectivity index (χ2v) is 8.84. The Balaban J connectivity index is 2.21. The molecule has 0 unspecified atom stereocenters. The van der Waals surface area contributed by atoms with Gasteiger partial charge >= 0.3 is 0 Å². The zero-order valence-corrected chi connectivity index (χ0v) is 12.8. The van der Waals surface area contributed by atoms with Crippen LogP contribution < -0.4 is 9.86 Å². The molecular weight excluding hydrogens is 300 g/mol. The Labute approximate surface area is 119 Å². The van der Waals surface area contributed by atoms with E-state index in [9.17, 15) is 16.8 Å². The molecule has 1 aromatic carbocycles. The van der Waals surface area contributed by atoms with Gasteiger partial charge in [0.05, 0.1) is 9.79 Å².